The largest absolute Gasteiger partial charge is 0.487 e. The minimum atomic E-state index is -0.428. The fourth-order valence-electron chi connectivity index (χ4n) is 2.70. The van der Waals surface area contributed by atoms with Gasteiger partial charge in [-0.3, -0.25) is 9.78 Å². The molecule has 0 N–H and O–H groups in total. The highest BCUT2D eigenvalue weighted by Gasteiger charge is 2.28. The van der Waals surface area contributed by atoms with Crippen LogP contribution < -0.4 is 4.74 Å². The second-order valence-electron chi connectivity index (χ2n) is 5.65. The van der Waals surface area contributed by atoms with Gasteiger partial charge in [0.05, 0.1) is 19.2 Å². The van der Waals surface area contributed by atoms with Gasteiger partial charge in [0.1, 0.15) is 16.9 Å². The summed E-state index contributed by atoms with van der Waals surface area (Å²) in [5.41, 5.74) is 0.934. The van der Waals surface area contributed by atoms with Gasteiger partial charge in [-0.25, -0.2) is 4.79 Å². The van der Waals surface area contributed by atoms with Crippen LogP contribution in [0.4, 0.5) is 0 Å². The maximum atomic E-state index is 12.6. The molecule has 1 aliphatic heterocycles. The van der Waals surface area contributed by atoms with E-state index in [2.05, 4.69) is 9.72 Å². The van der Waals surface area contributed by atoms with Gasteiger partial charge in [-0.1, -0.05) is 11.6 Å². The van der Waals surface area contributed by atoms with Crippen molar-refractivity contribution in [1.82, 2.24) is 9.88 Å². The van der Waals surface area contributed by atoms with Crippen LogP contribution in [0.2, 0.25) is 5.02 Å². The summed E-state index contributed by atoms with van der Waals surface area (Å²) in [6, 6.07) is 8.13. The molecule has 1 atom stereocenters. The number of hydrogen-bond acceptors (Lipinski definition) is 5. The van der Waals surface area contributed by atoms with E-state index in [0.29, 0.717) is 35.0 Å². The summed E-state index contributed by atoms with van der Waals surface area (Å²) in [6.45, 7) is 1.08. The molecule has 2 aromatic rings. The number of hydrogen-bond donors (Lipinski definition) is 0. The van der Waals surface area contributed by atoms with Crippen molar-refractivity contribution in [2.45, 2.75) is 12.5 Å². The van der Waals surface area contributed by atoms with Crippen molar-refractivity contribution >= 4 is 23.5 Å². The number of aromatic nitrogens is 1. The van der Waals surface area contributed by atoms with Crippen LogP contribution in [0.1, 0.15) is 27.1 Å². The molecule has 0 spiro atoms. The Labute approximate surface area is 150 Å². The number of likely N-dealkylation sites (tertiary alicyclic amines) is 1. The molecule has 1 saturated heterocycles. The third-order valence-corrected chi connectivity index (χ3v) is 4.30. The molecule has 1 aliphatic rings. The Morgan fingerprint density at radius 1 is 1.20 bits per heavy atom. The van der Waals surface area contributed by atoms with Crippen LogP contribution in [0.15, 0.2) is 42.7 Å². The Morgan fingerprint density at radius 2 is 1.92 bits per heavy atom. The summed E-state index contributed by atoms with van der Waals surface area (Å²) in [7, 11) is 1.32. The van der Waals surface area contributed by atoms with Crippen molar-refractivity contribution < 1.29 is 19.1 Å². The average molecular weight is 361 g/mol. The summed E-state index contributed by atoms with van der Waals surface area (Å²) in [5, 5.41) is 0.450. The van der Waals surface area contributed by atoms with E-state index in [0.717, 1.165) is 6.42 Å². The number of rotatable bonds is 4. The third-order valence-electron chi connectivity index (χ3n) is 4.01. The summed E-state index contributed by atoms with van der Waals surface area (Å²) < 4.78 is 10.5. The van der Waals surface area contributed by atoms with E-state index >= 15 is 0 Å². The van der Waals surface area contributed by atoms with Crippen LogP contribution in [-0.2, 0) is 4.74 Å². The summed E-state index contributed by atoms with van der Waals surface area (Å²) in [4.78, 5) is 29.7. The number of benzene rings is 1. The maximum absolute atomic E-state index is 12.6. The lowest BCUT2D eigenvalue weighted by Crippen LogP contribution is -2.31. The lowest BCUT2D eigenvalue weighted by atomic mass is 10.1. The van der Waals surface area contributed by atoms with Gasteiger partial charge >= 0.3 is 5.97 Å². The Bertz CT molecular complexity index is 779. The van der Waals surface area contributed by atoms with Gasteiger partial charge < -0.3 is 14.4 Å². The van der Waals surface area contributed by atoms with Gasteiger partial charge in [0, 0.05) is 37.0 Å². The maximum Gasteiger partial charge on any atom is 0.337 e. The number of pyridine rings is 1. The minimum absolute atomic E-state index is 0.0941. The van der Waals surface area contributed by atoms with Crippen molar-refractivity contribution in [1.29, 1.82) is 0 Å². The van der Waals surface area contributed by atoms with Gasteiger partial charge in [0.15, 0.2) is 0 Å². The van der Waals surface area contributed by atoms with Gasteiger partial charge in [-0.15, -0.1) is 0 Å². The normalized spacial score (nSPS) is 16.6. The van der Waals surface area contributed by atoms with Crippen molar-refractivity contribution in [3.05, 3.63) is 58.9 Å². The zero-order valence-corrected chi connectivity index (χ0v) is 14.4. The molecule has 25 heavy (non-hydrogen) atoms. The van der Waals surface area contributed by atoms with Gasteiger partial charge in [-0.05, 0) is 24.3 Å². The van der Waals surface area contributed by atoms with Crippen LogP contribution >= 0.6 is 11.6 Å². The fraction of sp³-hybridized carbons (Fsp3) is 0.278. The Kier molecular flexibility index (Phi) is 5.19. The molecule has 1 fully saturated rings. The molecule has 0 radical (unpaired) electrons. The van der Waals surface area contributed by atoms with Crippen LogP contribution in [0.25, 0.3) is 0 Å². The topological polar surface area (TPSA) is 68.7 Å². The van der Waals surface area contributed by atoms with Crippen molar-refractivity contribution in [3.8, 4) is 5.75 Å². The molecule has 6 nitrogen and oxygen atoms in total. The number of halogens is 1. The minimum Gasteiger partial charge on any atom is -0.487 e. The number of ether oxygens (including phenoxy) is 2. The summed E-state index contributed by atoms with van der Waals surface area (Å²) >= 11 is 6.04. The number of carbonyl (C=O) groups excluding carboxylic acids is 2. The Balaban J connectivity index is 1.62. The molecule has 1 aromatic carbocycles. The van der Waals surface area contributed by atoms with Gasteiger partial charge in [0.2, 0.25) is 0 Å². The zero-order valence-electron chi connectivity index (χ0n) is 13.6. The Hall–Kier alpha value is -2.60. The van der Waals surface area contributed by atoms with E-state index < -0.39 is 5.97 Å². The van der Waals surface area contributed by atoms with Crippen LogP contribution in [-0.4, -0.2) is 48.1 Å². The van der Waals surface area contributed by atoms with E-state index in [1.165, 1.54) is 13.3 Å². The molecule has 2 heterocycles. The quantitative estimate of drug-likeness (QED) is 0.784. The van der Waals surface area contributed by atoms with Crippen LogP contribution in [0.3, 0.4) is 0 Å². The molecule has 1 amide bonds. The molecule has 3 rings (SSSR count). The van der Waals surface area contributed by atoms with Crippen LogP contribution in [0.5, 0.6) is 5.75 Å². The first-order valence-electron chi connectivity index (χ1n) is 7.82. The van der Waals surface area contributed by atoms with Crippen molar-refractivity contribution in [3.63, 3.8) is 0 Å². The number of carbonyl (C=O) groups is 2. The summed E-state index contributed by atoms with van der Waals surface area (Å²) in [5.74, 6) is 0.0459. The molecule has 130 valence electrons. The Morgan fingerprint density at radius 3 is 2.60 bits per heavy atom. The van der Waals surface area contributed by atoms with Crippen molar-refractivity contribution in [2.24, 2.45) is 0 Å². The second kappa shape index (κ2) is 7.53. The molecule has 0 aliphatic carbocycles. The van der Waals surface area contributed by atoms with E-state index in [-0.39, 0.29) is 12.0 Å². The predicted molar refractivity (Wildman–Crippen MR) is 92.0 cm³/mol. The highest BCUT2D eigenvalue weighted by atomic mass is 35.5. The smallest absolute Gasteiger partial charge is 0.337 e. The number of nitrogens with zero attached hydrogens (tertiary/aromatic N) is 2. The lowest BCUT2D eigenvalue weighted by molar-refractivity contribution is 0.0600. The van der Waals surface area contributed by atoms with E-state index in [4.69, 9.17) is 16.3 Å². The monoisotopic (exact) mass is 360 g/mol. The predicted octanol–water partition coefficient (Wildman–Crippen LogP) is 2.82. The zero-order chi connectivity index (χ0) is 17.8. The van der Waals surface area contributed by atoms with E-state index in [1.807, 2.05) is 0 Å². The first kappa shape index (κ1) is 17.2. The molecule has 1 aromatic heterocycles. The fourth-order valence-corrected chi connectivity index (χ4v) is 2.86. The first-order valence-corrected chi connectivity index (χ1v) is 8.20. The van der Waals surface area contributed by atoms with Crippen LogP contribution in [0, 0.1) is 0 Å². The van der Waals surface area contributed by atoms with E-state index in [1.54, 1.807) is 41.4 Å². The molecule has 0 saturated carbocycles. The first-order chi connectivity index (χ1) is 12.1. The summed E-state index contributed by atoms with van der Waals surface area (Å²) in [6.07, 6.45) is 3.75. The number of amides is 1. The molecule has 0 bridgehead atoms. The molecule has 7 heteroatoms. The van der Waals surface area contributed by atoms with E-state index in [9.17, 15) is 9.59 Å². The van der Waals surface area contributed by atoms with Crippen molar-refractivity contribution in [2.75, 3.05) is 20.2 Å². The van der Waals surface area contributed by atoms with Gasteiger partial charge in [0.25, 0.3) is 5.91 Å². The second-order valence-corrected chi connectivity index (χ2v) is 6.06. The highest BCUT2D eigenvalue weighted by Crippen LogP contribution is 2.26. The SMILES string of the molecule is COC(=O)c1ccc(C(=O)N2CCC(Oc3ccncc3Cl)C2)cc1. The average Bonchev–Trinajstić information content (AvgIpc) is 3.11. The highest BCUT2D eigenvalue weighted by molar-refractivity contribution is 6.31. The molecular weight excluding hydrogens is 344 g/mol. The molecule has 1 unspecified atom stereocenters. The number of esters is 1. The third kappa shape index (κ3) is 3.91. The lowest BCUT2D eigenvalue weighted by Gasteiger charge is -2.18. The number of methoxy groups -OCH3 is 1. The van der Waals surface area contributed by atoms with Gasteiger partial charge in [-0.2, -0.15) is 0 Å². The molecular formula is C18H17ClN2O4. The standard InChI is InChI=1S/C18H17ClN2O4/c1-24-18(23)13-4-2-12(3-5-13)17(22)21-9-7-14(11-21)25-16-6-8-20-10-15(16)19/h2-6,8,10,14H,7,9,11H2,1H3.